The van der Waals surface area contributed by atoms with Crippen molar-refractivity contribution in [1.82, 2.24) is 15.0 Å². The molecular weight excluding hydrogens is 268 g/mol. The summed E-state index contributed by atoms with van der Waals surface area (Å²) in [7, 11) is 0. The van der Waals surface area contributed by atoms with Crippen LogP contribution in [-0.4, -0.2) is 21.7 Å². The van der Waals surface area contributed by atoms with Crippen molar-refractivity contribution in [3.63, 3.8) is 0 Å². The molecule has 1 aromatic carbocycles. The molecule has 0 bridgehead atoms. The molecule has 0 unspecified atom stereocenters. The topological polar surface area (TPSA) is 86.1 Å². The number of aromatic nitrogens is 3. The van der Waals surface area contributed by atoms with Crippen LogP contribution in [0.3, 0.4) is 0 Å². The monoisotopic (exact) mass is 278 g/mol. The Labute approximate surface area is 119 Å². The minimum Gasteiger partial charge on any atom is -0.454 e. The van der Waals surface area contributed by atoms with Crippen molar-refractivity contribution in [2.45, 2.75) is 0 Å². The van der Waals surface area contributed by atoms with E-state index in [0.29, 0.717) is 17.2 Å². The van der Waals surface area contributed by atoms with Gasteiger partial charge in [-0.3, -0.25) is 0 Å². The first-order valence-corrected chi connectivity index (χ1v) is 6.30. The fourth-order valence-electron chi connectivity index (χ4n) is 2.14. The van der Waals surface area contributed by atoms with E-state index in [1.54, 1.807) is 0 Å². The molecule has 21 heavy (non-hydrogen) atoms. The van der Waals surface area contributed by atoms with Gasteiger partial charge in [-0.25, -0.2) is 9.97 Å². The molecule has 3 heterocycles. The molecule has 6 nitrogen and oxygen atoms in total. The Morgan fingerprint density at radius 1 is 1.10 bits per heavy atom. The first-order chi connectivity index (χ1) is 10.3. The molecule has 0 saturated heterocycles. The van der Waals surface area contributed by atoms with Gasteiger partial charge >= 0.3 is 0 Å². The quantitative estimate of drug-likeness (QED) is 0.611. The Morgan fingerprint density at radius 2 is 2.00 bits per heavy atom. The van der Waals surface area contributed by atoms with E-state index in [1.807, 2.05) is 24.3 Å². The predicted octanol–water partition coefficient (Wildman–Crippen LogP) is 1.67. The fourth-order valence-corrected chi connectivity index (χ4v) is 2.14. The van der Waals surface area contributed by atoms with Crippen LogP contribution in [-0.2, 0) is 0 Å². The van der Waals surface area contributed by atoms with Gasteiger partial charge in [0.25, 0.3) is 0 Å². The van der Waals surface area contributed by atoms with Gasteiger partial charge in [-0.05, 0) is 30.2 Å². The molecule has 0 spiro atoms. The average Bonchev–Trinajstić information content (AvgIpc) is 3.11. The number of hydrogen-bond acceptors (Lipinski definition) is 5. The van der Waals surface area contributed by atoms with Crippen LogP contribution >= 0.6 is 0 Å². The zero-order valence-corrected chi connectivity index (χ0v) is 10.9. The summed E-state index contributed by atoms with van der Waals surface area (Å²) in [5.74, 6) is 8.01. The number of nitrogens with two attached hydrogens (primary N) is 1. The smallest absolute Gasteiger partial charge is 0.231 e. The van der Waals surface area contributed by atoms with Crippen molar-refractivity contribution in [2.24, 2.45) is 0 Å². The minimum absolute atomic E-state index is 0.256. The number of nitrogen functional groups attached to an aromatic ring is 1. The third kappa shape index (κ3) is 2.01. The summed E-state index contributed by atoms with van der Waals surface area (Å²) < 4.78 is 10.6. The highest BCUT2D eigenvalue weighted by Gasteiger charge is 2.12. The lowest BCUT2D eigenvalue weighted by Gasteiger charge is -1.95. The Hall–Kier alpha value is -3.20. The number of hydrogen-bond donors (Lipinski definition) is 2. The molecule has 6 heteroatoms. The molecule has 1 aliphatic rings. The van der Waals surface area contributed by atoms with Crippen LogP contribution in [0.5, 0.6) is 11.5 Å². The summed E-state index contributed by atoms with van der Waals surface area (Å²) in [4.78, 5) is 11.2. The van der Waals surface area contributed by atoms with Gasteiger partial charge < -0.3 is 20.2 Å². The van der Waals surface area contributed by atoms with Crippen LogP contribution in [0, 0.1) is 11.8 Å². The maximum atomic E-state index is 5.79. The minimum atomic E-state index is 0.256. The van der Waals surface area contributed by atoms with E-state index in [-0.39, 0.29) is 6.79 Å². The van der Waals surface area contributed by atoms with Gasteiger partial charge in [-0.1, -0.05) is 5.92 Å². The normalized spacial score (nSPS) is 12.2. The zero-order valence-electron chi connectivity index (χ0n) is 10.9. The number of H-pyrrole nitrogens is 1. The number of rotatable bonds is 0. The number of ether oxygens (including phenoxy) is 2. The zero-order chi connectivity index (χ0) is 14.2. The van der Waals surface area contributed by atoms with Gasteiger partial charge in [-0.15, -0.1) is 0 Å². The van der Waals surface area contributed by atoms with E-state index in [9.17, 15) is 0 Å². The summed E-state index contributed by atoms with van der Waals surface area (Å²) in [5, 5.41) is 0.771. The SMILES string of the molecule is Nc1ncnc2[nH]c(C#Cc3ccc4c(c3)OCO4)cc12. The van der Waals surface area contributed by atoms with Crippen molar-refractivity contribution in [1.29, 1.82) is 0 Å². The van der Waals surface area contributed by atoms with E-state index >= 15 is 0 Å². The number of anilines is 1. The van der Waals surface area contributed by atoms with E-state index in [4.69, 9.17) is 15.2 Å². The average molecular weight is 278 g/mol. The second-order valence-corrected chi connectivity index (χ2v) is 4.52. The van der Waals surface area contributed by atoms with Crippen molar-refractivity contribution in [3.8, 4) is 23.3 Å². The summed E-state index contributed by atoms with van der Waals surface area (Å²) in [6, 6.07) is 7.43. The molecule has 3 aromatic rings. The number of fused-ring (bicyclic) bond motifs is 2. The second-order valence-electron chi connectivity index (χ2n) is 4.52. The maximum Gasteiger partial charge on any atom is 0.231 e. The van der Waals surface area contributed by atoms with Crippen LogP contribution in [0.2, 0.25) is 0 Å². The van der Waals surface area contributed by atoms with Crippen LogP contribution in [0.4, 0.5) is 5.82 Å². The summed E-state index contributed by atoms with van der Waals surface area (Å²) >= 11 is 0. The van der Waals surface area contributed by atoms with Crippen LogP contribution in [0.15, 0.2) is 30.6 Å². The lowest BCUT2D eigenvalue weighted by molar-refractivity contribution is 0.174. The molecule has 102 valence electrons. The third-order valence-electron chi connectivity index (χ3n) is 3.17. The standard InChI is InChI=1S/C15H10N4O2/c16-14-11-6-10(19-15(11)18-7-17-14)3-1-9-2-4-12-13(5-9)21-8-20-12/h2,4-7H,8H2,(H3,16,17,18,19). The first-order valence-electron chi connectivity index (χ1n) is 6.30. The summed E-state index contributed by atoms with van der Waals surface area (Å²) in [6.07, 6.45) is 1.42. The molecule has 3 N–H and O–H groups in total. The van der Waals surface area contributed by atoms with Crippen molar-refractivity contribution >= 4 is 16.9 Å². The lowest BCUT2D eigenvalue weighted by atomic mass is 10.2. The number of benzene rings is 1. The van der Waals surface area contributed by atoms with Crippen LogP contribution < -0.4 is 15.2 Å². The highest BCUT2D eigenvalue weighted by molar-refractivity contribution is 5.87. The number of aromatic amines is 1. The molecule has 1 aliphatic heterocycles. The molecule has 0 radical (unpaired) electrons. The molecule has 2 aromatic heterocycles. The Balaban J connectivity index is 1.70. The van der Waals surface area contributed by atoms with Gasteiger partial charge in [0.05, 0.1) is 11.1 Å². The second kappa shape index (κ2) is 4.42. The fraction of sp³-hybridized carbons (Fsp3) is 0.0667. The molecule has 0 amide bonds. The third-order valence-corrected chi connectivity index (χ3v) is 3.17. The van der Waals surface area contributed by atoms with E-state index in [2.05, 4.69) is 26.8 Å². The summed E-state index contributed by atoms with van der Waals surface area (Å²) in [5.41, 5.74) is 8.04. The van der Waals surface area contributed by atoms with E-state index < -0.39 is 0 Å². The summed E-state index contributed by atoms with van der Waals surface area (Å²) in [6.45, 7) is 0.256. The first kappa shape index (κ1) is 11.6. The molecule has 0 atom stereocenters. The van der Waals surface area contributed by atoms with Gasteiger partial charge in [-0.2, -0.15) is 0 Å². The maximum absolute atomic E-state index is 5.79. The van der Waals surface area contributed by atoms with Gasteiger partial charge in [0.15, 0.2) is 11.5 Å². The lowest BCUT2D eigenvalue weighted by Crippen LogP contribution is -1.92. The molecule has 0 saturated carbocycles. The van der Waals surface area contributed by atoms with Gasteiger partial charge in [0.2, 0.25) is 6.79 Å². The molecular formula is C15H10N4O2. The highest BCUT2D eigenvalue weighted by atomic mass is 16.7. The van der Waals surface area contributed by atoms with E-state index in [0.717, 1.165) is 22.4 Å². The van der Waals surface area contributed by atoms with Crippen LogP contribution in [0.1, 0.15) is 11.3 Å². The number of nitrogens with zero attached hydrogens (tertiary/aromatic N) is 2. The Kier molecular flexibility index (Phi) is 2.44. The van der Waals surface area contributed by atoms with Crippen molar-refractivity contribution < 1.29 is 9.47 Å². The molecule has 0 aliphatic carbocycles. The predicted molar refractivity (Wildman–Crippen MR) is 76.8 cm³/mol. The highest BCUT2D eigenvalue weighted by Crippen LogP contribution is 2.32. The Morgan fingerprint density at radius 3 is 2.90 bits per heavy atom. The molecule has 0 fully saturated rings. The van der Waals surface area contributed by atoms with E-state index in [1.165, 1.54) is 6.33 Å². The van der Waals surface area contributed by atoms with Crippen molar-refractivity contribution in [3.05, 3.63) is 41.9 Å². The van der Waals surface area contributed by atoms with Crippen molar-refractivity contribution in [2.75, 3.05) is 12.5 Å². The van der Waals surface area contributed by atoms with Gasteiger partial charge in [0, 0.05) is 5.56 Å². The largest absolute Gasteiger partial charge is 0.454 e. The van der Waals surface area contributed by atoms with Gasteiger partial charge in [0.1, 0.15) is 17.8 Å². The van der Waals surface area contributed by atoms with Crippen LogP contribution in [0.25, 0.3) is 11.0 Å². The Bertz CT molecular complexity index is 905. The number of nitrogens with one attached hydrogen (secondary N) is 1. The molecule has 4 rings (SSSR count).